The van der Waals surface area contributed by atoms with Gasteiger partial charge in [0.15, 0.2) is 5.13 Å². The first-order valence-electron chi connectivity index (χ1n) is 9.61. The van der Waals surface area contributed by atoms with Crippen LogP contribution in [-0.4, -0.2) is 45.7 Å². The van der Waals surface area contributed by atoms with Gasteiger partial charge < -0.3 is 4.74 Å². The molecule has 0 radical (unpaired) electrons. The number of benzene rings is 1. The van der Waals surface area contributed by atoms with Gasteiger partial charge in [-0.25, -0.2) is 4.98 Å². The van der Waals surface area contributed by atoms with Crippen LogP contribution in [0, 0.1) is 0 Å². The van der Waals surface area contributed by atoms with Gasteiger partial charge in [-0.1, -0.05) is 17.4 Å². The Morgan fingerprint density at radius 3 is 2.73 bits per heavy atom. The smallest absolute Gasteiger partial charge is 0.249 e. The number of hydrogen-bond acceptors (Lipinski definition) is 7. The minimum atomic E-state index is -0.369. The van der Waals surface area contributed by atoms with Crippen molar-refractivity contribution < 1.29 is 19.1 Å². The Morgan fingerprint density at radius 2 is 2.03 bits per heavy atom. The average Bonchev–Trinajstić information content (AvgIpc) is 3.30. The summed E-state index contributed by atoms with van der Waals surface area (Å²) in [7, 11) is 0. The van der Waals surface area contributed by atoms with Gasteiger partial charge in [0.2, 0.25) is 17.7 Å². The number of ether oxygens (including phenoxy) is 1. The van der Waals surface area contributed by atoms with E-state index in [1.54, 1.807) is 18.5 Å². The molecule has 1 aliphatic heterocycles. The van der Waals surface area contributed by atoms with Crippen molar-refractivity contribution in [3.8, 4) is 5.75 Å². The number of carbonyl (C=O) groups is 3. The first-order chi connectivity index (χ1) is 14.5. The zero-order valence-electron chi connectivity index (χ0n) is 16.4. The number of anilines is 1. The quantitative estimate of drug-likeness (QED) is 0.542. The van der Waals surface area contributed by atoms with Gasteiger partial charge in [-0.15, -0.1) is 0 Å². The second-order valence-electron chi connectivity index (χ2n) is 6.77. The minimum Gasteiger partial charge on any atom is -0.494 e. The van der Waals surface area contributed by atoms with E-state index in [-0.39, 0.29) is 43.7 Å². The molecule has 0 unspecified atom stereocenters. The Kier molecular flexibility index (Phi) is 5.71. The monoisotopic (exact) mass is 424 g/mol. The standard InChI is InChI=1S/C21H20N4O4S/c1-2-29-15-5-6-16-17(10-15)30-21(23-16)25(12-14-4-3-9-22-11-14)20(28)13-24-18(26)7-8-19(24)27/h3-6,9-11H,2,7-8,12-13H2,1H3. The molecule has 154 valence electrons. The number of carbonyl (C=O) groups excluding carboxylic acids is 3. The molecule has 0 bridgehead atoms. The van der Waals surface area contributed by atoms with Crippen molar-refractivity contribution >= 4 is 44.4 Å². The first-order valence-corrected chi connectivity index (χ1v) is 10.4. The fraction of sp³-hybridized carbons (Fsp3) is 0.286. The summed E-state index contributed by atoms with van der Waals surface area (Å²) < 4.78 is 6.43. The number of rotatable bonds is 7. The molecule has 0 N–H and O–H groups in total. The maximum atomic E-state index is 13.1. The zero-order chi connectivity index (χ0) is 21.1. The van der Waals surface area contributed by atoms with Crippen LogP contribution in [0.25, 0.3) is 10.2 Å². The fourth-order valence-corrected chi connectivity index (χ4v) is 4.23. The summed E-state index contributed by atoms with van der Waals surface area (Å²) in [5, 5.41) is 0.492. The zero-order valence-corrected chi connectivity index (χ0v) is 17.2. The highest BCUT2D eigenvalue weighted by atomic mass is 32.1. The van der Waals surface area contributed by atoms with Crippen molar-refractivity contribution in [2.45, 2.75) is 26.3 Å². The van der Waals surface area contributed by atoms with Crippen LogP contribution < -0.4 is 9.64 Å². The van der Waals surface area contributed by atoms with Crippen LogP contribution >= 0.6 is 11.3 Å². The van der Waals surface area contributed by atoms with Crippen LogP contribution in [0.3, 0.4) is 0 Å². The molecule has 2 aromatic heterocycles. The van der Waals surface area contributed by atoms with E-state index in [1.165, 1.54) is 16.2 Å². The van der Waals surface area contributed by atoms with Crippen LogP contribution in [0.2, 0.25) is 0 Å². The first kappa shape index (κ1) is 20.0. The Hall–Kier alpha value is -3.33. The van der Waals surface area contributed by atoms with Gasteiger partial charge in [-0.3, -0.25) is 29.2 Å². The van der Waals surface area contributed by atoms with Gasteiger partial charge >= 0.3 is 0 Å². The Morgan fingerprint density at radius 1 is 1.23 bits per heavy atom. The fourth-order valence-electron chi connectivity index (χ4n) is 3.22. The van der Waals surface area contributed by atoms with E-state index in [0.717, 1.165) is 26.4 Å². The van der Waals surface area contributed by atoms with Crippen molar-refractivity contribution in [1.82, 2.24) is 14.9 Å². The molecular weight excluding hydrogens is 404 g/mol. The number of pyridine rings is 1. The van der Waals surface area contributed by atoms with Crippen LogP contribution in [0.15, 0.2) is 42.7 Å². The summed E-state index contributed by atoms with van der Waals surface area (Å²) in [5.74, 6) is -0.272. The van der Waals surface area contributed by atoms with Crippen molar-refractivity contribution in [3.05, 3.63) is 48.3 Å². The molecule has 3 heterocycles. The summed E-state index contributed by atoms with van der Waals surface area (Å²) in [4.78, 5) is 48.3. The van der Waals surface area contributed by atoms with E-state index in [4.69, 9.17) is 4.74 Å². The molecule has 0 saturated carbocycles. The minimum absolute atomic E-state index is 0.149. The number of fused-ring (bicyclic) bond motifs is 1. The van der Waals surface area contributed by atoms with E-state index in [1.807, 2.05) is 31.2 Å². The summed E-state index contributed by atoms with van der Waals surface area (Å²) >= 11 is 1.36. The molecule has 0 spiro atoms. The number of aromatic nitrogens is 2. The molecule has 3 amide bonds. The molecule has 0 aliphatic carbocycles. The van der Waals surface area contributed by atoms with Crippen molar-refractivity contribution in [2.75, 3.05) is 18.1 Å². The van der Waals surface area contributed by atoms with E-state index < -0.39 is 0 Å². The molecule has 9 heteroatoms. The van der Waals surface area contributed by atoms with E-state index in [2.05, 4.69) is 9.97 Å². The van der Waals surface area contributed by atoms with Gasteiger partial charge in [0.1, 0.15) is 12.3 Å². The number of hydrogen-bond donors (Lipinski definition) is 0. The van der Waals surface area contributed by atoms with Crippen LogP contribution in [0.4, 0.5) is 5.13 Å². The van der Waals surface area contributed by atoms with E-state index >= 15 is 0 Å². The lowest BCUT2D eigenvalue weighted by atomic mass is 10.2. The highest BCUT2D eigenvalue weighted by molar-refractivity contribution is 7.22. The molecule has 30 heavy (non-hydrogen) atoms. The third-order valence-corrected chi connectivity index (χ3v) is 5.74. The number of imide groups is 1. The molecular formula is C21H20N4O4S. The summed E-state index contributed by atoms with van der Waals surface area (Å²) in [6.45, 7) is 2.41. The summed E-state index contributed by atoms with van der Waals surface area (Å²) in [6.07, 6.45) is 3.63. The maximum Gasteiger partial charge on any atom is 0.249 e. The van der Waals surface area contributed by atoms with Gasteiger partial charge in [0, 0.05) is 25.2 Å². The van der Waals surface area contributed by atoms with Crippen molar-refractivity contribution in [3.63, 3.8) is 0 Å². The molecule has 3 aromatic rings. The molecule has 1 saturated heterocycles. The van der Waals surface area contributed by atoms with Crippen LogP contribution in [0.5, 0.6) is 5.75 Å². The average molecular weight is 424 g/mol. The molecule has 8 nitrogen and oxygen atoms in total. The molecule has 4 rings (SSSR count). The highest BCUT2D eigenvalue weighted by Crippen LogP contribution is 2.32. The number of thiazole rings is 1. The Balaban J connectivity index is 1.66. The molecule has 1 aliphatic rings. The van der Waals surface area contributed by atoms with E-state index in [0.29, 0.717) is 11.7 Å². The largest absolute Gasteiger partial charge is 0.494 e. The van der Waals surface area contributed by atoms with E-state index in [9.17, 15) is 14.4 Å². The highest BCUT2D eigenvalue weighted by Gasteiger charge is 2.32. The summed E-state index contributed by atoms with van der Waals surface area (Å²) in [5.41, 5.74) is 1.56. The molecule has 1 aromatic carbocycles. The predicted molar refractivity (Wildman–Crippen MR) is 112 cm³/mol. The number of likely N-dealkylation sites (tertiary alicyclic amines) is 1. The molecule has 1 fully saturated rings. The summed E-state index contributed by atoms with van der Waals surface area (Å²) in [6, 6.07) is 9.23. The lowest BCUT2D eigenvalue weighted by Crippen LogP contribution is -2.42. The number of nitrogens with zero attached hydrogens (tertiary/aromatic N) is 4. The van der Waals surface area contributed by atoms with Crippen LogP contribution in [0.1, 0.15) is 25.3 Å². The Labute approximate surface area is 177 Å². The predicted octanol–water partition coefficient (Wildman–Crippen LogP) is 2.77. The molecule has 0 atom stereocenters. The van der Waals surface area contributed by atoms with Crippen molar-refractivity contribution in [1.29, 1.82) is 0 Å². The van der Waals surface area contributed by atoms with Gasteiger partial charge in [0.05, 0.1) is 23.4 Å². The van der Waals surface area contributed by atoms with Gasteiger partial charge in [0.25, 0.3) is 0 Å². The van der Waals surface area contributed by atoms with Crippen molar-refractivity contribution in [2.24, 2.45) is 0 Å². The second kappa shape index (κ2) is 8.58. The van der Waals surface area contributed by atoms with Gasteiger partial charge in [-0.2, -0.15) is 0 Å². The topological polar surface area (TPSA) is 92.7 Å². The number of amides is 3. The SMILES string of the molecule is CCOc1ccc2nc(N(Cc3cccnc3)C(=O)CN3C(=O)CCC3=O)sc2c1. The lowest BCUT2D eigenvalue weighted by molar-refractivity contribution is -0.141. The third-order valence-electron chi connectivity index (χ3n) is 4.70. The second-order valence-corrected chi connectivity index (χ2v) is 7.78. The van der Waals surface area contributed by atoms with Gasteiger partial charge in [-0.05, 0) is 36.8 Å². The normalized spacial score (nSPS) is 13.8. The Bertz CT molecular complexity index is 1080. The lowest BCUT2D eigenvalue weighted by Gasteiger charge is -2.22. The maximum absolute atomic E-state index is 13.1. The third kappa shape index (κ3) is 4.16. The van der Waals surface area contributed by atoms with Crippen LogP contribution in [-0.2, 0) is 20.9 Å².